The van der Waals surface area contributed by atoms with Crippen LogP contribution in [0.1, 0.15) is 29.1 Å². The zero-order chi connectivity index (χ0) is 19.4. The highest BCUT2D eigenvalue weighted by Gasteiger charge is 2.24. The second kappa shape index (κ2) is 8.46. The summed E-state index contributed by atoms with van der Waals surface area (Å²) >= 11 is 2.66. The van der Waals surface area contributed by atoms with Gasteiger partial charge in [-0.2, -0.15) is 5.26 Å². The number of hydrogen-bond acceptors (Lipinski definition) is 7. The molecule has 1 aromatic carbocycles. The van der Waals surface area contributed by atoms with E-state index in [2.05, 4.69) is 21.3 Å². The van der Waals surface area contributed by atoms with Crippen molar-refractivity contribution in [2.24, 2.45) is 0 Å². The maximum atomic E-state index is 12.6. The van der Waals surface area contributed by atoms with E-state index < -0.39 is 5.92 Å². The molecule has 0 spiro atoms. The van der Waals surface area contributed by atoms with Gasteiger partial charge in [-0.15, -0.1) is 21.5 Å². The third kappa shape index (κ3) is 4.10. The first-order valence-corrected chi connectivity index (χ1v) is 10.4. The van der Waals surface area contributed by atoms with E-state index in [1.54, 1.807) is 0 Å². The number of thiazole rings is 1. The van der Waals surface area contributed by atoms with Gasteiger partial charge in [0.15, 0.2) is 22.7 Å². The van der Waals surface area contributed by atoms with Crippen LogP contribution in [0, 0.1) is 25.2 Å². The van der Waals surface area contributed by atoms with Crippen molar-refractivity contribution < 1.29 is 4.79 Å². The Morgan fingerprint density at radius 2 is 2.11 bits per heavy atom. The molecule has 0 fully saturated rings. The summed E-state index contributed by atoms with van der Waals surface area (Å²) < 4.78 is 2.00. The van der Waals surface area contributed by atoms with Crippen LogP contribution in [0.25, 0.3) is 11.4 Å². The number of carbonyl (C=O) groups excluding carboxylic acids is 1. The van der Waals surface area contributed by atoms with E-state index in [0.29, 0.717) is 16.7 Å². The summed E-state index contributed by atoms with van der Waals surface area (Å²) in [7, 11) is 0. The molecule has 0 aliphatic carbocycles. The summed E-state index contributed by atoms with van der Waals surface area (Å²) in [4.78, 5) is 16.8. The van der Waals surface area contributed by atoms with E-state index in [0.717, 1.165) is 22.6 Å². The summed E-state index contributed by atoms with van der Waals surface area (Å²) in [5.41, 5.74) is 2.97. The molecular weight excluding hydrogens is 378 g/mol. The standard InChI is InChI=1S/C19H19N5OS2/c1-4-24-17(14-8-6-5-7-12(14)2)22-23-19(24)27-11-16(25)15(9-20)18-21-13(3)10-26-18/h5-8,10,15H,4,11H2,1-3H3/t15-/m1/s1. The predicted molar refractivity (Wildman–Crippen MR) is 107 cm³/mol. The molecule has 0 saturated carbocycles. The fraction of sp³-hybridized carbons (Fsp3) is 0.316. The van der Waals surface area contributed by atoms with Crippen molar-refractivity contribution in [1.82, 2.24) is 19.7 Å². The lowest BCUT2D eigenvalue weighted by Crippen LogP contribution is -2.14. The lowest BCUT2D eigenvalue weighted by Gasteiger charge is -2.09. The Morgan fingerprint density at radius 1 is 1.33 bits per heavy atom. The molecule has 0 aliphatic heterocycles. The number of aromatic nitrogens is 4. The van der Waals surface area contributed by atoms with Crippen LogP contribution in [0.5, 0.6) is 0 Å². The lowest BCUT2D eigenvalue weighted by atomic mass is 10.1. The van der Waals surface area contributed by atoms with Gasteiger partial charge >= 0.3 is 0 Å². The summed E-state index contributed by atoms with van der Waals surface area (Å²) in [5, 5.41) is 21.1. The molecule has 6 nitrogen and oxygen atoms in total. The van der Waals surface area contributed by atoms with Gasteiger partial charge in [-0.3, -0.25) is 4.79 Å². The van der Waals surface area contributed by atoms with Crippen molar-refractivity contribution in [2.75, 3.05) is 5.75 Å². The van der Waals surface area contributed by atoms with E-state index in [1.165, 1.54) is 23.1 Å². The summed E-state index contributed by atoms with van der Waals surface area (Å²) in [6, 6.07) is 10.1. The van der Waals surface area contributed by atoms with Gasteiger partial charge in [0.1, 0.15) is 5.01 Å². The van der Waals surface area contributed by atoms with Gasteiger partial charge < -0.3 is 4.57 Å². The molecule has 27 heavy (non-hydrogen) atoms. The number of ketones is 1. The van der Waals surface area contributed by atoms with Gasteiger partial charge in [-0.05, 0) is 26.3 Å². The number of carbonyl (C=O) groups is 1. The molecule has 2 heterocycles. The van der Waals surface area contributed by atoms with Gasteiger partial charge in [0, 0.05) is 23.2 Å². The van der Waals surface area contributed by atoms with Crippen LogP contribution < -0.4 is 0 Å². The van der Waals surface area contributed by atoms with E-state index in [-0.39, 0.29) is 11.5 Å². The minimum atomic E-state index is -0.829. The largest absolute Gasteiger partial charge is 0.302 e. The highest BCUT2D eigenvalue weighted by Crippen LogP contribution is 2.28. The average Bonchev–Trinajstić information content (AvgIpc) is 3.27. The smallest absolute Gasteiger partial charge is 0.191 e. The third-order valence-corrected chi connectivity index (χ3v) is 6.11. The lowest BCUT2D eigenvalue weighted by molar-refractivity contribution is -0.116. The topological polar surface area (TPSA) is 84.5 Å². The van der Waals surface area contributed by atoms with Gasteiger partial charge in [0.2, 0.25) is 0 Å². The van der Waals surface area contributed by atoms with E-state index in [4.69, 9.17) is 0 Å². The molecule has 0 bridgehead atoms. The van der Waals surface area contributed by atoms with E-state index in [9.17, 15) is 10.1 Å². The number of nitrogens with zero attached hydrogens (tertiary/aromatic N) is 5. The zero-order valence-electron chi connectivity index (χ0n) is 15.3. The average molecular weight is 398 g/mol. The molecule has 0 saturated heterocycles. The van der Waals surface area contributed by atoms with Crippen LogP contribution in [0.4, 0.5) is 0 Å². The van der Waals surface area contributed by atoms with Crippen molar-refractivity contribution in [1.29, 1.82) is 5.26 Å². The van der Waals surface area contributed by atoms with Crippen molar-refractivity contribution in [3.63, 3.8) is 0 Å². The molecule has 3 rings (SSSR count). The normalized spacial score (nSPS) is 11.9. The third-order valence-electron chi connectivity index (χ3n) is 4.10. The molecule has 2 aromatic heterocycles. The quantitative estimate of drug-likeness (QED) is 0.560. The number of rotatable bonds is 7. The molecule has 3 aromatic rings. The minimum Gasteiger partial charge on any atom is -0.302 e. The number of nitriles is 1. The first-order chi connectivity index (χ1) is 13.0. The van der Waals surface area contributed by atoms with Gasteiger partial charge in [0.25, 0.3) is 0 Å². The molecular formula is C19H19N5OS2. The van der Waals surface area contributed by atoms with E-state index in [1.807, 2.05) is 55.0 Å². The van der Waals surface area contributed by atoms with Crippen LogP contribution in [0.2, 0.25) is 0 Å². The second-order valence-electron chi connectivity index (χ2n) is 6.01. The highest BCUT2D eigenvalue weighted by atomic mass is 32.2. The van der Waals surface area contributed by atoms with Gasteiger partial charge in [-0.1, -0.05) is 36.0 Å². The van der Waals surface area contributed by atoms with Crippen LogP contribution in [-0.4, -0.2) is 31.3 Å². The number of thioether (sulfide) groups is 1. The first kappa shape index (κ1) is 19.3. The summed E-state index contributed by atoms with van der Waals surface area (Å²) in [5.74, 6) is -0.0501. The van der Waals surface area contributed by atoms with Gasteiger partial charge in [-0.25, -0.2) is 4.98 Å². The molecule has 0 radical (unpaired) electrons. The van der Waals surface area contributed by atoms with E-state index >= 15 is 0 Å². The van der Waals surface area contributed by atoms with Crippen LogP contribution in [-0.2, 0) is 11.3 Å². The first-order valence-electron chi connectivity index (χ1n) is 8.51. The van der Waals surface area contributed by atoms with Crippen molar-refractivity contribution in [3.8, 4) is 17.5 Å². The highest BCUT2D eigenvalue weighted by molar-refractivity contribution is 7.99. The molecule has 0 unspecified atom stereocenters. The molecule has 0 N–H and O–H groups in total. The Labute approximate surface area is 166 Å². The molecule has 1 atom stereocenters. The SMILES string of the molecule is CCn1c(SCC(=O)[C@@H](C#N)c2nc(C)cs2)nnc1-c1ccccc1C. The Hall–Kier alpha value is -2.50. The Morgan fingerprint density at radius 3 is 2.74 bits per heavy atom. The summed E-state index contributed by atoms with van der Waals surface area (Å²) in [6.45, 7) is 6.60. The number of aryl methyl sites for hydroxylation is 2. The molecule has 0 aliphatic rings. The van der Waals surface area contributed by atoms with Crippen molar-refractivity contribution >= 4 is 28.9 Å². The fourth-order valence-corrected chi connectivity index (χ4v) is 4.46. The monoisotopic (exact) mass is 397 g/mol. The maximum Gasteiger partial charge on any atom is 0.191 e. The fourth-order valence-electron chi connectivity index (χ4n) is 2.69. The number of Topliss-reactive ketones (excluding diaryl/α,β-unsaturated/α-hetero) is 1. The Balaban J connectivity index is 1.78. The maximum absolute atomic E-state index is 12.6. The zero-order valence-corrected chi connectivity index (χ0v) is 17.0. The Bertz CT molecular complexity index is 1000. The number of benzene rings is 1. The van der Waals surface area contributed by atoms with Crippen LogP contribution >= 0.6 is 23.1 Å². The molecule has 8 heteroatoms. The molecule has 138 valence electrons. The molecule has 0 amide bonds. The van der Waals surface area contributed by atoms with Crippen molar-refractivity contribution in [2.45, 2.75) is 38.4 Å². The van der Waals surface area contributed by atoms with Crippen LogP contribution in [0.15, 0.2) is 34.8 Å². The predicted octanol–water partition coefficient (Wildman–Crippen LogP) is 4.01. The number of hydrogen-bond donors (Lipinski definition) is 0. The van der Waals surface area contributed by atoms with Gasteiger partial charge in [0.05, 0.1) is 11.8 Å². The Kier molecular flexibility index (Phi) is 6.04. The minimum absolute atomic E-state index is 0.156. The second-order valence-corrected chi connectivity index (χ2v) is 7.84. The van der Waals surface area contributed by atoms with Crippen molar-refractivity contribution in [3.05, 3.63) is 45.9 Å². The summed E-state index contributed by atoms with van der Waals surface area (Å²) in [6.07, 6.45) is 0. The van der Waals surface area contributed by atoms with Crippen LogP contribution in [0.3, 0.4) is 0 Å².